The highest BCUT2D eigenvalue weighted by Gasteiger charge is 2.21. The van der Waals surface area contributed by atoms with Gasteiger partial charge in [-0.15, -0.1) is 0 Å². The molecule has 0 saturated carbocycles. The molecule has 0 aliphatic heterocycles. The fourth-order valence-electron chi connectivity index (χ4n) is 1.86. The Morgan fingerprint density at radius 2 is 2.05 bits per heavy atom. The Balaban J connectivity index is 2.33. The van der Waals surface area contributed by atoms with E-state index < -0.39 is 0 Å². The van der Waals surface area contributed by atoms with Crippen molar-refractivity contribution in [3.8, 4) is 0 Å². The number of aromatic nitrogens is 3. The van der Waals surface area contributed by atoms with Gasteiger partial charge in [-0.1, -0.05) is 0 Å². The number of hydrogen-bond acceptors (Lipinski definition) is 4. The van der Waals surface area contributed by atoms with E-state index >= 15 is 0 Å². The quantitative estimate of drug-likeness (QED) is 0.903. The van der Waals surface area contributed by atoms with E-state index in [1.54, 1.807) is 40.3 Å². The molecule has 6 nitrogen and oxygen atoms in total. The third kappa shape index (κ3) is 2.57. The molecule has 2 N–H and O–H groups in total. The Labute approximate surface area is 111 Å². The number of carbonyl (C=O) groups is 1. The number of anilines is 2. The van der Waals surface area contributed by atoms with E-state index in [0.717, 1.165) is 5.69 Å². The molecule has 0 radical (unpaired) electrons. The maximum atomic E-state index is 12.5. The van der Waals surface area contributed by atoms with Gasteiger partial charge in [0.1, 0.15) is 0 Å². The van der Waals surface area contributed by atoms with Crippen LogP contribution in [0.3, 0.4) is 0 Å². The van der Waals surface area contributed by atoms with E-state index in [1.165, 1.54) is 0 Å². The zero-order chi connectivity index (χ0) is 13.8. The average molecular weight is 259 g/mol. The average Bonchev–Trinajstić information content (AvgIpc) is 2.82. The molecule has 0 bridgehead atoms. The number of aryl methyl sites for hydroxylation is 1. The van der Waals surface area contributed by atoms with E-state index in [0.29, 0.717) is 24.5 Å². The molecule has 100 valence electrons. The molecular weight excluding hydrogens is 242 g/mol. The maximum absolute atomic E-state index is 12.5. The van der Waals surface area contributed by atoms with Crippen LogP contribution >= 0.6 is 0 Å². The van der Waals surface area contributed by atoms with Crippen LogP contribution in [0.4, 0.5) is 11.4 Å². The van der Waals surface area contributed by atoms with Crippen LogP contribution in [0.2, 0.25) is 0 Å². The molecule has 2 rings (SSSR count). The molecule has 2 aromatic rings. The number of nitrogens with two attached hydrogens (primary N) is 1. The first-order valence-corrected chi connectivity index (χ1v) is 6.22. The number of pyridine rings is 1. The summed E-state index contributed by atoms with van der Waals surface area (Å²) in [4.78, 5) is 18.0. The summed E-state index contributed by atoms with van der Waals surface area (Å²) in [6.45, 7) is 5.08. The minimum atomic E-state index is -0.196. The van der Waals surface area contributed by atoms with Crippen LogP contribution < -0.4 is 10.6 Å². The van der Waals surface area contributed by atoms with Gasteiger partial charge in [0.15, 0.2) is 5.69 Å². The highest BCUT2D eigenvalue weighted by Crippen LogP contribution is 2.18. The molecule has 0 spiro atoms. The molecule has 0 saturated heterocycles. The number of nitrogen functional groups attached to an aromatic ring is 1. The van der Waals surface area contributed by atoms with E-state index in [2.05, 4.69) is 10.1 Å². The summed E-state index contributed by atoms with van der Waals surface area (Å²) in [6.07, 6.45) is 4.98. The lowest BCUT2D eigenvalue weighted by atomic mass is 10.3. The number of nitrogens with zero attached hydrogens (tertiary/aromatic N) is 4. The lowest BCUT2D eigenvalue weighted by molar-refractivity contribution is 0.0983. The van der Waals surface area contributed by atoms with Crippen molar-refractivity contribution in [2.75, 3.05) is 17.2 Å². The molecular formula is C13H17N5O. The molecule has 0 unspecified atom stereocenters. The van der Waals surface area contributed by atoms with Crippen molar-refractivity contribution in [3.63, 3.8) is 0 Å². The van der Waals surface area contributed by atoms with Crippen molar-refractivity contribution < 1.29 is 4.79 Å². The fraction of sp³-hybridized carbons (Fsp3) is 0.308. The van der Waals surface area contributed by atoms with Crippen molar-refractivity contribution in [3.05, 3.63) is 36.4 Å². The highest BCUT2D eigenvalue weighted by atomic mass is 16.2. The van der Waals surface area contributed by atoms with Gasteiger partial charge in [-0.25, -0.2) is 0 Å². The maximum Gasteiger partial charge on any atom is 0.280 e. The topological polar surface area (TPSA) is 77.0 Å². The van der Waals surface area contributed by atoms with Gasteiger partial charge in [0, 0.05) is 37.4 Å². The van der Waals surface area contributed by atoms with Gasteiger partial charge < -0.3 is 10.6 Å². The first-order chi connectivity index (χ1) is 9.17. The van der Waals surface area contributed by atoms with Crippen LogP contribution in [0.1, 0.15) is 24.3 Å². The van der Waals surface area contributed by atoms with Gasteiger partial charge in [0.2, 0.25) is 0 Å². The van der Waals surface area contributed by atoms with Gasteiger partial charge >= 0.3 is 0 Å². The van der Waals surface area contributed by atoms with Crippen molar-refractivity contribution in [1.29, 1.82) is 0 Å². The van der Waals surface area contributed by atoms with Gasteiger partial charge in [0.05, 0.1) is 5.69 Å². The second kappa shape index (κ2) is 5.51. The Bertz CT molecular complexity index is 564. The van der Waals surface area contributed by atoms with Crippen molar-refractivity contribution >= 4 is 17.3 Å². The monoisotopic (exact) mass is 259 g/mol. The van der Waals surface area contributed by atoms with Gasteiger partial charge in [-0.05, 0) is 26.0 Å². The van der Waals surface area contributed by atoms with Gasteiger partial charge in [-0.3, -0.25) is 14.5 Å². The first-order valence-electron chi connectivity index (χ1n) is 6.22. The second-order valence-electron chi connectivity index (χ2n) is 4.04. The normalized spacial score (nSPS) is 10.4. The summed E-state index contributed by atoms with van der Waals surface area (Å²) in [5.74, 6) is -0.196. The summed E-state index contributed by atoms with van der Waals surface area (Å²) in [7, 11) is 0. The summed E-state index contributed by atoms with van der Waals surface area (Å²) in [5, 5.41) is 4.21. The number of hydrogen-bond donors (Lipinski definition) is 1. The standard InChI is InChI=1S/C13H17N5O/c1-3-17-9-11(14)12(16-17)13(19)18(4-2)10-5-7-15-8-6-10/h5-9H,3-4,14H2,1-2H3. The summed E-state index contributed by atoms with van der Waals surface area (Å²) in [6, 6.07) is 3.57. The fourth-order valence-corrected chi connectivity index (χ4v) is 1.86. The summed E-state index contributed by atoms with van der Waals surface area (Å²) < 4.78 is 1.66. The Hall–Kier alpha value is -2.37. The van der Waals surface area contributed by atoms with Crippen molar-refractivity contribution in [2.45, 2.75) is 20.4 Å². The zero-order valence-corrected chi connectivity index (χ0v) is 11.1. The van der Waals surface area contributed by atoms with Gasteiger partial charge in [0.25, 0.3) is 5.91 Å². The van der Waals surface area contributed by atoms with Crippen molar-refractivity contribution in [1.82, 2.24) is 14.8 Å². The second-order valence-corrected chi connectivity index (χ2v) is 4.04. The first kappa shape index (κ1) is 13.1. The van der Waals surface area contributed by atoms with Crippen LogP contribution in [-0.4, -0.2) is 27.2 Å². The zero-order valence-electron chi connectivity index (χ0n) is 11.1. The van der Waals surface area contributed by atoms with E-state index in [-0.39, 0.29) is 5.91 Å². The summed E-state index contributed by atoms with van der Waals surface area (Å²) >= 11 is 0. The molecule has 2 heterocycles. The molecule has 0 fully saturated rings. The molecule has 2 aromatic heterocycles. The number of rotatable bonds is 4. The SMILES string of the molecule is CCN(C(=O)c1nn(CC)cc1N)c1ccncc1. The van der Waals surface area contributed by atoms with E-state index in [4.69, 9.17) is 5.73 Å². The molecule has 0 aromatic carbocycles. The van der Waals surface area contributed by atoms with Crippen LogP contribution in [0.5, 0.6) is 0 Å². The molecule has 0 aliphatic rings. The van der Waals surface area contributed by atoms with Crippen LogP contribution in [0.25, 0.3) is 0 Å². The van der Waals surface area contributed by atoms with Crippen LogP contribution in [0, 0.1) is 0 Å². The molecule has 6 heteroatoms. The lowest BCUT2D eigenvalue weighted by Gasteiger charge is -2.19. The minimum Gasteiger partial charge on any atom is -0.396 e. The van der Waals surface area contributed by atoms with Crippen molar-refractivity contribution in [2.24, 2.45) is 0 Å². The smallest absolute Gasteiger partial charge is 0.280 e. The van der Waals surface area contributed by atoms with Crippen LogP contribution in [0.15, 0.2) is 30.7 Å². The number of amides is 1. The van der Waals surface area contributed by atoms with E-state index in [9.17, 15) is 4.79 Å². The Morgan fingerprint density at radius 3 is 2.58 bits per heavy atom. The van der Waals surface area contributed by atoms with E-state index in [1.807, 2.05) is 13.8 Å². The molecule has 19 heavy (non-hydrogen) atoms. The largest absolute Gasteiger partial charge is 0.396 e. The lowest BCUT2D eigenvalue weighted by Crippen LogP contribution is -2.31. The highest BCUT2D eigenvalue weighted by molar-refractivity contribution is 6.07. The third-order valence-corrected chi connectivity index (χ3v) is 2.85. The van der Waals surface area contributed by atoms with Gasteiger partial charge in [-0.2, -0.15) is 5.10 Å². The molecule has 0 aliphatic carbocycles. The molecule has 1 amide bonds. The van der Waals surface area contributed by atoms with Crippen LogP contribution in [-0.2, 0) is 6.54 Å². The summed E-state index contributed by atoms with van der Waals surface area (Å²) in [5.41, 5.74) is 7.32. The third-order valence-electron chi connectivity index (χ3n) is 2.85. The Morgan fingerprint density at radius 1 is 1.37 bits per heavy atom. The minimum absolute atomic E-state index is 0.196. The Kier molecular flexibility index (Phi) is 3.79. The predicted octanol–water partition coefficient (Wildman–Crippen LogP) is 1.55. The number of carbonyl (C=O) groups excluding carboxylic acids is 1. The predicted molar refractivity (Wildman–Crippen MR) is 73.9 cm³/mol. The molecule has 0 atom stereocenters.